The number of carbonyl (C=O) groups is 3. The molecule has 2 aliphatic heterocycles. The number of aliphatic carboxylic acids is 1. The molecule has 2 aliphatic rings. The number of carboxylic acids is 1. The number of hydrogen-bond donors (Lipinski definition) is 6. The van der Waals surface area contributed by atoms with Gasteiger partial charge in [0.15, 0.2) is 27.7 Å². The van der Waals surface area contributed by atoms with Crippen LogP contribution in [0.4, 0.5) is 5.13 Å². The van der Waals surface area contributed by atoms with Gasteiger partial charge in [-0.25, -0.2) is 18.9 Å². The van der Waals surface area contributed by atoms with E-state index >= 15 is 0 Å². The van der Waals surface area contributed by atoms with E-state index in [0.717, 1.165) is 34.0 Å². The largest absolute Gasteiger partial charge is 0.480 e. The van der Waals surface area contributed by atoms with Crippen LogP contribution in [-0.2, 0) is 30.8 Å². The number of hydrogen-bond acceptors (Lipinski definition) is 14. The Kier molecular flexibility index (Phi) is 9.29. The van der Waals surface area contributed by atoms with Crippen molar-refractivity contribution in [1.29, 1.82) is 0 Å². The molecule has 2 amide bonds. The molecule has 0 aliphatic carbocycles. The van der Waals surface area contributed by atoms with Gasteiger partial charge in [-0.2, -0.15) is 9.36 Å². The van der Waals surface area contributed by atoms with Crippen molar-refractivity contribution >= 4 is 82.8 Å². The van der Waals surface area contributed by atoms with Gasteiger partial charge in [0.25, 0.3) is 5.91 Å². The molecule has 44 heavy (non-hydrogen) atoms. The Balaban J connectivity index is 1.30. The van der Waals surface area contributed by atoms with Crippen molar-refractivity contribution in [2.45, 2.75) is 33.7 Å². The highest BCUT2D eigenvalue weighted by molar-refractivity contribution is 8.05. The molecule has 3 aromatic heterocycles. The lowest BCUT2D eigenvalue weighted by Crippen LogP contribution is -2.79. The number of thioether (sulfide) groups is 2. The second-order valence-corrected chi connectivity index (χ2v) is 14.9. The first kappa shape index (κ1) is 32.2. The molecule has 17 nitrogen and oxygen atoms in total. The zero-order valence-electron chi connectivity index (χ0n) is 22.6. The Bertz CT molecular complexity index is 1660. The minimum atomic E-state index is -4.70. The van der Waals surface area contributed by atoms with E-state index in [4.69, 9.17) is 14.6 Å². The molecule has 2 unspecified atom stereocenters. The molecule has 22 heteroatoms. The number of β-lactam (4-membered cyclic amide) rings is 1. The number of rotatable bonds is 11. The van der Waals surface area contributed by atoms with Crippen LogP contribution in [0, 0.1) is 0 Å². The molecule has 2 fully saturated rings. The molecule has 0 aromatic carbocycles. The van der Waals surface area contributed by atoms with Gasteiger partial charge in [-0.3, -0.25) is 14.7 Å². The fourth-order valence-electron chi connectivity index (χ4n) is 4.24. The first-order valence-electron chi connectivity index (χ1n) is 12.5. The minimum absolute atomic E-state index is 0.0599. The maximum Gasteiger partial charge on any atom is 0.429 e. The normalized spacial score (nSPS) is 23.5. The van der Waals surface area contributed by atoms with Crippen LogP contribution in [0.15, 0.2) is 39.4 Å². The number of pyridine rings is 1. The second-order valence-electron chi connectivity index (χ2n) is 9.27. The van der Waals surface area contributed by atoms with Crippen LogP contribution >= 0.6 is 54.1 Å². The van der Waals surface area contributed by atoms with Gasteiger partial charge in [0.1, 0.15) is 25.1 Å². The Morgan fingerprint density at radius 3 is 2.70 bits per heavy atom. The molecule has 6 N–H and O–H groups in total. The Morgan fingerprint density at radius 2 is 2.05 bits per heavy atom. The van der Waals surface area contributed by atoms with Crippen molar-refractivity contribution in [1.82, 2.24) is 24.6 Å². The lowest BCUT2D eigenvalue weighted by atomic mass is 9.99. The van der Waals surface area contributed by atoms with Gasteiger partial charge >= 0.3 is 13.7 Å². The third-order valence-electron chi connectivity index (χ3n) is 6.17. The van der Waals surface area contributed by atoms with Crippen LogP contribution in [-0.4, -0.2) is 97.5 Å². The van der Waals surface area contributed by atoms with E-state index in [-0.39, 0.29) is 23.3 Å². The number of oxime groups is 1. The maximum atomic E-state index is 13.2. The number of thiazole rings is 1. The number of carboxylic acid groups (broad SMARTS) is 1. The number of aliphatic hydroxyl groups is 1. The summed E-state index contributed by atoms with van der Waals surface area (Å²) in [5.74, 6) is -3.53. The van der Waals surface area contributed by atoms with Crippen molar-refractivity contribution in [3.8, 4) is 11.3 Å². The highest BCUT2D eigenvalue weighted by Gasteiger charge is 2.63. The summed E-state index contributed by atoms with van der Waals surface area (Å²) in [6.45, 7) is 1.66. The van der Waals surface area contributed by atoms with E-state index in [2.05, 4.69) is 24.8 Å². The summed E-state index contributed by atoms with van der Waals surface area (Å²) in [4.78, 5) is 69.5. The fourth-order valence-corrected chi connectivity index (χ4v) is 9.35. The minimum Gasteiger partial charge on any atom is -0.480 e. The predicted octanol–water partition coefficient (Wildman–Crippen LogP) is 0.0653. The molecule has 5 rings (SSSR count). The van der Waals surface area contributed by atoms with Gasteiger partial charge < -0.3 is 35.1 Å². The Morgan fingerprint density at radius 1 is 1.32 bits per heavy atom. The van der Waals surface area contributed by atoms with Gasteiger partial charge in [0.2, 0.25) is 22.6 Å². The lowest BCUT2D eigenvalue weighted by Gasteiger charge is -2.56. The molecule has 2 saturated heterocycles. The second kappa shape index (κ2) is 12.7. The van der Waals surface area contributed by atoms with Crippen molar-refractivity contribution < 1.29 is 48.4 Å². The van der Waals surface area contributed by atoms with Crippen molar-refractivity contribution in [2.24, 2.45) is 12.2 Å². The van der Waals surface area contributed by atoms with Crippen LogP contribution in [0.3, 0.4) is 0 Å². The standard InChI is InChI=1S/C22H23N8O9PS4/c1-3-39-26-12(15-25-20(44-28-15)27-40(36,37)38)16(31)24-13-17(32)30-14(19(33)34)22(35,9-42-18(13)30)43-21-23-11(8-41-21)10-4-6-29(2)7-5-10/h4-8,13-14,18,35H,3,9H2,1-2H3,(H4-,24,25,27,28,31,33,34,36,37,38)/p+1/b26-12-/t13-,14?,18-,22?/m1/s1. The molecule has 5 heterocycles. The number of nitrogens with zero attached hydrogens (tertiary/aromatic N) is 6. The summed E-state index contributed by atoms with van der Waals surface area (Å²) >= 11 is 3.74. The predicted molar refractivity (Wildman–Crippen MR) is 160 cm³/mol. The van der Waals surface area contributed by atoms with Crippen molar-refractivity contribution in [3.63, 3.8) is 0 Å². The van der Waals surface area contributed by atoms with Crippen LogP contribution in [0.25, 0.3) is 11.3 Å². The van der Waals surface area contributed by atoms with E-state index in [1.54, 1.807) is 12.3 Å². The highest BCUT2D eigenvalue weighted by Crippen LogP contribution is 2.49. The number of aromatic nitrogens is 4. The third kappa shape index (κ3) is 6.74. The number of amides is 2. The molecule has 3 aromatic rings. The Hall–Kier alpha value is -3.17. The van der Waals surface area contributed by atoms with E-state index in [0.29, 0.717) is 21.6 Å². The zero-order chi connectivity index (χ0) is 31.8. The number of carbonyl (C=O) groups excluding carboxylic acids is 2. The van der Waals surface area contributed by atoms with E-state index in [1.165, 1.54) is 11.3 Å². The van der Waals surface area contributed by atoms with Crippen LogP contribution in [0.2, 0.25) is 0 Å². The molecule has 0 spiro atoms. The van der Waals surface area contributed by atoms with Crippen molar-refractivity contribution in [3.05, 3.63) is 35.7 Å². The van der Waals surface area contributed by atoms with Crippen LogP contribution < -0.4 is 15.0 Å². The summed E-state index contributed by atoms with van der Waals surface area (Å²) in [6, 6.07) is 0.938. The number of aryl methyl sites for hydroxylation is 1. The average molecular weight is 704 g/mol. The summed E-state index contributed by atoms with van der Waals surface area (Å²) < 4.78 is 17.4. The van der Waals surface area contributed by atoms with Gasteiger partial charge in [0, 0.05) is 40.4 Å². The van der Waals surface area contributed by atoms with Gasteiger partial charge in [-0.1, -0.05) is 16.9 Å². The van der Waals surface area contributed by atoms with E-state index in [9.17, 15) is 29.2 Å². The topological polar surface area (TPSA) is 241 Å². The molecule has 0 bridgehead atoms. The SMILES string of the molecule is CCO/N=C(\C(=O)N[C@@H]1C(=O)N2C(C(=O)O)C(O)(Sc3nc(-c4cc[n+](C)cc4)cs3)CS[C@H]12)c1nsc(NP(=O)(O)O)n1. The molecular weight excluding hydrogens is 680 g/mol. The molecule has 4 atom stereocenters. The lowest BCUT2D eigenvalue weighted by molar-refractivity contribution is -0.671. The fraction of sp³-hybridized carbons (Fsp3) is 0.364. The number of nitrogens with one attached hydrogen (secondary N) is 2. The smallest absolute Gasteiger partial charge is 0.429 e. The van der Waals surface area contributed by atoms with E-state index in [1.807, 2.05) is 41.2 Å². The molecule has 0 saturated carbocycles. The van der Waals surface area contributed by atoms with Gasteiger partial charge in [-0.15, -0.1) is 23.1 Å². The zero-order valence-corrected chi connectivity index (χ0v) is 26.8. The number of anilines is 1. The van der Waals surface area contributed by atoms with E-state index < -0.39 is 53.6 Å². The van der Waals surface area contributed by atoms with Crippen molar-refractivity contribution in [2.75, 3.05) is 17.4 Å². The monoisotopic (exact) mass is 703 g/mol. The summed E-state index contributed by atoms with van der Waals surface area (Å²) in [5, 5.41) is 30.3. The Labute approximate surface area is 265 Å². The maximum absolute atomic E-state index is 13.2. The third-order valence-corrected chi connectivity index (χ3v) is 11.2. The van der Waals surface area contributed by atoms with Crippen LogP contribution in [0.5, 0.6) is 0 Å². The first-order valence-corrected chi connectivity index (χ1v) is 17.6. The molecular formula is C22H24N8O9PS4+. The quantitative estimate of drug-likeness (QED) is 0.0387. The summed E-state index contributed by atoms with van der Waals surface area (Å²) in [7, 11) is -2.81. The highest BCUT2D eigenvalue weighted by atomic mass is 32.2. The molecule has 0 radical (unpaired) electrons. The summed E-state index contributed by atoms with van der Waals surface area (Å²) in [5.41, 5.74) is 1.03. The summed E-state index contributed by atoms with van der Waals surface area (Å²) in [6.07, 6.45) is 3.72. The molecule has 234 valence electrons. The number of fused-ring (bicyclic) bond motifs is 1. The van der Waals surface area contributed by atoms with Gasteiger partial charge in [-0.05, 0) is 6.92 Å². The van der Waals surface area contributed by atoms with Crippen LogP contribution in [0.1, 0.15) is 12.7 Å². The average Bonchev–Trinajstić information content (AvgIpc) is 3.60. The first-order chi connectivity index (χ1) is 20.8. The van der Waals surface area contributed by atoms with Gasteiger partial charge in [0.05, 0.1) is 5.69 Å².